The summed E-state index contributed by atoms with van der Waals surface area (Å²) in [6.07, 6.45) is 8.31. The topological polar surface area (TPSA) is 86.3 Å². The van der Waals surface area contributed by atoms with Crippen molar-refractivity contribution in [1.29, 1.82) is 0 Å². The van der Waals surface area contributed by atoms with Crippen LogP contribution >= 0.6 is 0 Å². The smallest absolute Gasteiger partial charge is 0.244 e. The fourth-order valence-corrected chi connectivity index (χ4v) is 4.45. The molecular weight excluding hydrogens is 370 g/mol. The van der Waals surface area contributed by atoms with Gasteiger partial charge in [0, 0.05) is 38.2 Å². The minimum absolute atomic E-state index is 0.118. The van der Waals surface area contributed by atoms with Crippen LogP contribution in [-0.4, -0.2) is 56.0 Å². The Morgan fingerprint density at radius 2 is 2.14 bits per heavy atom. The van der Waals surface area contributed by atoms with E-state index < -0.39 is 0 Å². The van der Waals surface area contributed by atoms with Gasteiger partial charge in [-0.2, -0.15) is 10.1 Å². The molecule has 2 aliphatic heterocycles. The van der Waals surface area contributed by atoms with Crippen molar-refractivity contribution in [3.63, 3.8) is 0 Å². The Morgan fingerprint density at radius 1 is 1.34 bits per heavy atom. The van der Waals surface area contributed by atoms with Crippen LogP contribution in [0.1, 0.15) is 62.7 Å². The maximum absolute atomic E-state index is 12.6. The third kappa shape index (κ3) is 4.69. The number of ether oxygens (including phenoxy) is 1. The number of hydrogen-bond donors (Lipinski definition) is 0. The number of aromatic nitrogens is 4. The lowest BCUT2D eigenvalue weighted by molar-refractivity contribution is -0.147. The molecule has 1 spiro atoms. The molecule has 8 heteroatoms. The summed E-state index contributed by atoms with van der Waals surface area (Å²) in [5, 5.41) is 8.38. The van der Waals surface area contributed by atoms with Gasteiger partial charge >= 0.3 is 0 Å². The zero-order chi connectivity index (χ0) is 20.4. The van der Waals surface area contributed by atoms with Crippen LogP contribution in [0.2, 0.25) is 0 Å². The van der Waals surface area contributed by atoms with Gasteiger partial charge in [0.25, 0.3) is 0 Å². The molecule has 158 valence electrons. The lowest BCUT2D eigenvalue weighted by atomic mass is 9.78. The van der Waals surface area contributed by atoms with Gasteiger partial charge in [0.1, 0.15) is 6.54 Å². The molecule has 2 aromatic rings. The van der Waals surface area contributed by atoms with Gasteiger partial charge in [-0.3, -0.25) is 9.48 Å². The predicted molar refractivity (Wildman–Crippen MR) is 106 cm³/mol. The quantitative estimate of drug-likeness (QED) is 0.766. The van der Waals surface area contributed by atoms with Crippen molar-refractivity contribution in [3.8, 4) is 0 Å². The molecule has 0 aromatic carbocycles. The van der Waals surface area contributed by atoms with Crippen molar-refractivity contribution < 1.29 is 14.1 Å². The number of rotatable bonds is 5. The van der Waals surface area contributed by atoms with Crippen molar-refractivity contribution in [2.24, 2.45) is 5.92 Å². The van der Waals surface area contributed by atoms with Gasteiger partial charge in [-0.25, -0.2) is 0 Å². The second-order valence-corrected chi connectivity index (χ2v) is 8.89. The number of carbonyl (C=O) groups excluding carboxylic acids is 1. The van der Waals surface area contributed by atoms with Crippen LogP contribution in [0, 0.1) is 12.8 Å². The molecule has 1 unspecified atom stereocenters. The highest BCUT2D eigenvalue weighted by Crippen LogP contribution is 2.38. The first kappa shape index (κ1) is 20.1. The second-order valence-electron chi connectivity index (χ2n) is 8.89. The van der Waals surface area contributed by atoms with E-state index in [-0.39, 0.29) is 17.4 Å². The van der Waals surface area contributed by atoms with Gasteiger partial charge in [-0.05, 0) is 44.1 Å². The number of hydrogen-bond acceptors (Lipinski definition) is 6. The third-order valence-corrected chi connectivity index (χ3v) is 6.13. The molecule has 2 aromatic heterocycles. The van der Waals surface area contributed by atoms with Crippen LogP contribution in [0.5, 0.6) is 0 Å². The number of nitrogens with zero attached hydrogens (tertiary/aromatic N) is 5. The number of likely N-dealkylation sites (tertiary alicyclic amines) is 1. The van der Waals surface area contributed by atoms with Crippen molar-refractivity contribution in [2.75, 3.05) is 19.7 Å². The monoisotopic (exact) mass is 401 g/mol. The molecule has 0 aliphatic carbocycles. The van der Waals surface area contributed by atoms with E-state index in [0.717, 1.165) is 63.2 Å². The molecule has 1 amide bonds. The summed E-state index contributed by atoms with van der Waals surface area (Å²) in [6.45, 7) is 8.65. The fraction of sp³-hybridized carbons (Fsp3) is 0.714. The highest BCUT2D eigenvalue weighted by atomic mass is 16.5. The molecular formula is C21H31N5O3. The van der Waals surface area contributed by atoms with Gasteiger partial charge in [-0.15, -0.1) is 0 Å². The standard InChI is InChI=1S/C21H31N5O3/c1-15(2)20-23-18(24-29-20)10-17-4-9-28-21(11-17)5-7-25(8-6-21)19(27)14-26-13-16(3)12-22-26/h12-13,15,17H,4-11,14H2,1-3H3. The average Bonchev–Trinajstić information content (AvgIpc) is 3.31. The fourth-order valence-electron chi connectivity index (χ4n) is 4.45. The number of piperidine rings is 1. The molecule has 29 heavy (non-hydrogen) atoms. The van der Waals surface area contributed by atoms with Gasteiger partial charge in [0.2, 0.25) is 11.8 Å². The Morgan fingerprint density at radius 3 is 2.79 bits per heavy atom. The van der Waals surface area contributed by atoms with E-state index in [4.69, 9.17) is 9.26 Å². The maximum Gasteiger partial charge on any atom is 0.244 e. The van der Waals surface area contributed by atoms with Crippen LogP contribution < -0.4 is 0 Å². The molecule has 0 radical (unpaired) electrons. The Hall–Kier alpha value is -2.22. The van der Waals surface area contributed by atoms with Crippen LogP contribution in [0.3, 0.4) is 0 Å². The molecule has 0 bridgehead atoms. The normalized spacial score (nSPS) is 21.8. The zero-order valence-corrected chi connectivity index (χ0v) is 17.6. The van der Waals surface area contributed by atoms with Crippen molar-refractivity contribution in [3.05, 3.63) is 29.7 Å². The third-order valence-electron chi connectivity index (χ3n) is 6.13. The Kier molecular flexibility index (Phi) is 5.72. The lowest BCUT2D eigenvalue weighted by Gasteiger charge is -2.46. The molecule has 2 saturated heterocycles. The summed E-state index contributed by atoms with van der Waals surface area (Å²) in [5.74, 6) is 2.39. The van der Waals surface area contributed by atoms with E-state index in [2.05, 4.69) is 29.1 Å². The first-order chi connectivity index (χ1) is 13.9. The maximum atomic E-state index is 12.6. The van der Waals surface area contributed by atoms with Gasteiger partial charge < -0.3 is 14.2 Å². The molecule has 2 aliphatic rings. The van der Waals surface area contributed by atoms with Crippen LogP contribution in [0.15, 0.2) is 16.9 Å². The van der Waals surface area contributed by atoms with Crippen molar-refractivity contribution in [1.82, 2.24) is 24.8 Å². The van der Waals surface area contributed by atoms with E-state index in [1.165, 1.54) is 0 Å². The first-order valence-electron chi connectivity index (χ1n) is 10.7. The Labute approximate surface area is 171 Å². The van der Waals surface area contributed by atoms with Crippen LogP contribution in [0.4, 0.5) is 0 Å². The Bertz CT molecular complexity index is 835. The highest BCUT2D eigenvalue weighted by Gasteiger charge is 2.41. The van der Waals surface area contributed by atoms with Crippen molar-refractivity contribution >= 4 is 5.91 Å². The molecule has 4 heterocycles. The van der Waals surface area contributed by atoms with Crippen LogP contribution in [0.25, 0.3) is 0 Å². The summed E-state index contributed by atoms with van der Waals surface area (Å²) in [6, 6.07) is 0. The SMILES string of the molecule is Cc1cnn(CC(=O)N2CCC3(CC2)CC(Cc2noc(C(C)C)n2)CCO3)c1. The first-order valence-corrected chi connectivity index (χ1v) is 10.7. The number of aryl methyl sites for hydroxylation is 1. The lowest BCUT2D eigenvalue weighted by Crippen LogP contribution is -2.51. The molecule has 0 N–H and O–H groups in total. The predicted octanol–water partition coefficient (Wildman–Crippen LogP) is 2.73. The van der Waals surface area contributed by atoms with E-state index in [0.29, 0.717) is 18.4 Å². The number of amides is 1. The van der Waals surface area contributed by atoms with Gasteiger partial charge in [0.05, 0.1) is 11.8 Å². The Balaban J connectivity index is 1.30. The molecule has 1 atom stereocenters. The molecule has 4 rings (SSSR count). The zero-order valence-electron chi connectivity index (χ0n) is 17.6. The largest absolute Gasteiger partial charge is 0.375 e. The summed E-state index contributed by atoms with van der Waals surface area (Å²) < 4.78 is 13.3. The highest BCUT2D eigenvalue weighted by molar-refractivity contribution is 5.76. The summed E-state index contributed by atoms with van der Waals surface area (Å²) in [4.78, 5) is 19.1. The molecule has 2 fully saturated rings. The summed E-state index contributed by atoms with van der Waals surface area (Å²) in [7, 11) is 0. The van der Waals surface area contributed by atoms with Gasteiger partial charge in [-0.1, -0.05) is 19.0 Å². The minimum atomic E-state index is -0.118. The summed E-state index contributed by atoms with van der Waals surface area (Å²) in [5.41, 5.74) is 0.950. The van der Waals surface area contributed by atoms with E-state index in [1.807, 2.05) is 18.0 Å². The van der Waals surface area contributed by atoms with E-state index >= 15 is 0 Å². The minimum Gasteiger partial charge on any atom is -0.375 e. The van der Waals surface area contributed by atoms with E-state index in [9.17, 15) is 4.79 Å². The van der Waals surface area contributed by atoms with Crippen LogP contribution in [-0.2, 0) is 22.5 Å². The van der Waals surface area contributed by atoms with E-state index in [1.54, 1.807) is 10.9 Å². The van der Waals surface area contributed by atoms with Crippen molar-refractivity contribution in [2.45, 2.75) is 70.9 Å². The second kappa shape index (κ2) is 8.26. The molecule has 0 saturated carbocycles. The number of carbonyl (C=O) groups is 1. The molecule has 8 nitrogen and oxygen atoms in total. The van der Waals surface area contributed by atoms with Gasteiger partial charge in [0.15, 0.2) is 5.82 Å². The average molecular weight is 402 g/mol. The summed E-state index contributed by atoms with van der Waals surface area (Å²) >= 11 is 0.